The quantitative estimate of drug-likeness (QED) is 0.394. The van der Waals surface area contributed by atoms with Crippen molar-refractivity contribution in [2.24, 2.45) is 11.3 Å². The first-order chi connectivity index (χ1) is 13.0. The van der Waals surface area contributed by atoms with Crippen LogP contribution in [0.2, 0.25) is 0 Å². The van der Waals surface area contributed by atoms with Gasteiger partial charge in [-0.3, -0.25) is 0 Å². The Kier molecular flexibility index (Phi) is 11.1. The summed E-state index contributed by atoms with van der Waals surface area (Å²) in [5, 5.41) is 0. The molecule has 0 saturated carbocycles. The van der Waals surface area contributed by atoms with Gasteiger partial charge in [0.05, 0.1) is 0 Å². The minimum atomic E-state index is 0.348. The monoisotopic (exact) mass is 380 g/mol. The lowest BCUT2D eigenvalue weighted by atomic mass is 9.74. The maximum absolute atomic E-state index is 4.27. The van der Waals surface area contributed by atoms with E-state index in [9.17, 15) is 0 Å². The lowest BCUT2D eigenvalue weighted by Gasteiger charge is -2.31. The van der Waals surface area contributed by atoms with Crippen LogP contribution in [-0.2, 0) is 6.42 Å². The van der Waals surface area contributed by atoms with E-state index < -0.39 is 0 Å². The number of rotatable bonds is 8. The first-order valence-corrected chi connectivity index (χ1v) is 10.8. The maximum Gasteiger partial charge on any atom is -0.0195 e. The van der Waals surface area contributed by atoms with Crippen LogP contribution in [0.1, 0.15) is 85.4 Å². The Balaban J connectivity index is 0.00000352. The summed E-state index contributed by atoms with van der Waals surface area (Å²) >= 11 is 0. The van der Waals surface area contributed by atoms with Gasteiger partial charge in [-0.05, 0) is 73.3 Å². The fraction of sp³-hybridized carbons (Fsp3) is 0.500. The SMILES string of the molecule is C=C(C)/C(=C/C)C(=C)/C=C(\C)c1ccc(C)cc1CC(C)C(C)(C)CC.CC. The standard InChI is InChI=1S/C26H38.C2H6/c1-11-24(18(3)4)20(6)16-21(7)25-14-13-19(5)15-23(25)17-22(8)26(9,10)12-2;1-2/h11,13-16,22H,3,6,12,17H2,1-2,4-5,7-10H3;1-2H3/b21-16+,24-11-;. The van der Waals surface area contributed by atoms with E-state index in [0.717, 1.165) is 23.1 Å². The van der Waals surface area contributed by atoms with Crippen LogP contribution in [0.4, 0.5) is 0 Å². The molecule has 0 amide bonds. The molecule has 0 aliphatic carbocycles. The van der Waals surface area contributed by atoms with Gasteiger partial charge < -0.3 is 0 Å². The zero-order valence-corrected chi connectivity index (χ0v) is 20.3. The normalized spacial score (nSPS) is 13.5. The summed E-state index contributed by atoms with van der Waals surface area (Å²) in [6.07, 6.45) is 6.60. The van der Waals surface area contributed by atoms with Crippen molar-refractivity contribution < 1.29 is 0 Å². The molecule has 156 valence electrons. The van der Waals surface area contributed by atoms with Crippen LogP contribution < -0.4 is 0 Å². The Morgan fingerprint density at radius 1 is 1.14 bits per heavy atom. The maximum atomic E-state index is 4.27. The Labute approximate surface area is 176 Å². The molecule has 0 bridgehead atoms. The van der Waals surface area contributed by atoms with Gasteiger partial charge in [0.1, 0.15) is 0 Å². The molecule has 1 aromatic rings. The van der Waals surface area contributed by atoms with Crippen molar-refractivity contribution in [1.29, 1.82) is 0 Å². The molecule has 0 saturated heterocycles. The van der Waals surface area contributed by atoms with E-state index in [4.69, 9.17) is 0 Å². The minimum absolute atomic E-state index is 0.348. The van der Waals surface area contributed by atoms with Gasteiger partial charge in [0.25, 0.3) is 0 Å². The third-order valence-corrected chi connectivity index (χ3v) is 5.94. The Bertz CT molecular complexity index is 722. The third-order valence-electron chi connectivity index (χ3n) is 5.94. The van der Waals surface area contributed by atoms with Gasteiger partial charge in [0, 0.05) is 0 Å². The van der Waals surface area contributed by atoms with E-state index in [2.05, 4.69) is 85.1 Å². The van der Waals surface area contributed by atoms with Gasteiger partial charge in [-0.1, -0.05) is 103 Å². The number of hydrogen-bond donors (Lipinski definition) is 0. The Morgan fingerprint density at radius 3 is 2.18 bits per heavy atom. The molecule has 1 aromatic carbocycles. The molecule has 0 aromatic heterocycles. The fourth-order valence-electron chi connectivity index (χ4n) is 3.35. The second-order valence-electron chi connectivity index (χ2n) is 8.44. The molecule has 0 heteroatoms. The number of hydrogen-bond acceptors (Lipinski definition) is 0. The lowest BCUT2D eigenvalue weighted by molar-refractivity contribution is 0.220. The molecule has 0 N–H and O–H groups in total. The van der Waals surface area contributed by atoms with Crippen LogP contribution in [0, 0.1) is 18.3 Å². The first-order valence-electron chi connectivity index (χ1n) is 10.8. The van der Waals surface area contributed by atoms with Crippen molar-refractivity contribution in [1.82, 2.24) is 0 Å². The predicted molar refractivity (Wildman–Crippen MR) is 131 cm³/mol. The van der Waals surface area contributed by atoms with Crippen molar-refractivity contribution in [2.75, 3.05) is 0 Å². The molecule has 1 rings (SSSR count). The van der Waals surface area contributed by atoms with Crippen LogP contribution in [0.15, 0.2) is 60.2 Å². The highest BCUT2D eigenvalue weighted by atomic mass is 14.3. The zero-order valence-electron chi connectivity index (χ0n) is 20.3. The van der Waals surface area contributed by atoms with Crippen LogP contribution >= 0.6 is 0 Å². The van der Waals surface area contributed by atoms with E-state index in [1.807, 2.05) is 27.7 Å². The molecular weight excluding hydrogens is 336 g/mol. The summed E-state index contributed by atoms with van der Waals surface area (Å²) in [7, 11) is 0. The molecule has 1 unspecified atom stereocenters. The molecule has 0 radical (unpaired) electrons. The van der Waals surface area contributed by atoms with Crippen LogP contribution in [0.5, 0.6) is 0 Å². The summed E-state index contributed by atoms with van der Waals surface area (Å²) < 4.78 is 0. The molecule has 0 aliphatic rings. The smallest absolute Gasteiger partial charge is 0.0195 e. The Morgan fingerprint density at radius 2 is 1.71 bits per heavy atom. The molecule has 0 fully saturated rings. The van der Waals surface area contributed by atoms with Gasteiger partial charge in [0.15, 0.2) is 0 Å². The van der Waals surface area contributed by atoms with Crippen LogP contribution in [-0.4, -0.2) is 0 Å². The van der Waals surface area contributed by atoms with E-state index >= 15 is 0 Å². The number of allylic oxidation sites excluding steroid dienone is 6. The van der Waals surface area contributed by atoms with Gasteiger partial charge in [0.2, 0.25) is 0 Å². The predicted octanol–water partition coefficient (Wildman–Crippen LogP) is 9.12. The first kappa shape index (κ1) is 26.2. The van der Waals surface area contributed by atoms with Gasteiger partial charge >= 0.3 is 0 Å². The van der Waals surface area contributed by atoms with E-state index in [-0.39, 0.29) is 0 Å². The second kappa shape index (κ2) is 11.9. The zero-order chi connectivity index (χ0) is 22.1. The summed E-state index contributed by atoms with van der Waals surface area (Å²) in [6.45, 7) is 30.2. The lowest BCUT2D eigenvalue weighted by Crippen LogP contribution is -2.23. The molecule has 1 atom stereocenters. The van der Waals surface area contributed by atoms with Gasteiger partial charge in [-0.2, -0.15) is 0 Å². The third kappa shape index (κ3) is 7.30. The fourth-order valence-corrected chi connectivity index (χ4v) is 3.35. The van der Waals surface area contributed by atoms with Crippen molar-refractivity contribution in [3.8, 4) is 0 Å². The summed E-state index contributed by atoms with van der Waals surface area (Å²) in [5.74, 6) is 0.630. The largest absolute Gasteiger partial charge is 0.0955 e. The van der Waals surface area contributed by atoms with E-state index in [1.54, 1.807) is 0 Å². The van der Waals surface area contributed by atoms with Crippen molar-refractivity contribution in [3.63, 3.8) is 0 Å². The molecule has 0 spiro atoms. The molecular formula is C28H44. The molecule has 0 aliphatic heterocycles. The highest BCUT2D eigenvalue weighted by Gasteiger charge is 2.24. The topological polar surface area (TPSA) is 0 Å². The number of benzene rings is 1. The van der Waals surface area contributed by atoms with Crippen molar-refractivity contribution >= 4 is 5.57 Å². The van der Waals surface area contributed by atoms with Crippen LogP contribution in [0.3, 0.4) is 0 Å². The molecule has 0 nitrogen and oxygen atoms in total. The average molecular weight is 381 g/mol. The summed E-state index contributed by atoms with van der Waals surface area (Å²) in [4.78, 5) is 0. The molecule has 28 heavy (non-hydrogen) atoms. The van der Waals surface area contributed by atoms with Gasteiger partial charge in [-0.25, -0.2) is 0 Å². The highest BCUT2D eigenvalue weighted by molar-refractivity contribution is 5.71. The number of aryl methyl sites for hydroxylation is 1. The van der Waals surface area contributed by atoms with Gasteiger partial charge in [-0.15, -0.1) is 0 Å². The van der Waals surface area contributed by atoms with Crippen LogP contribution in [0.25, 0.3) is 5.57 Å². The van der Waals surface area contributed by atoms with E-state index in [0.29, 0.717) is 11.3 Å². The highest BCUT2D eigenvalue weighted by Crippen LogP contribution is 2.35. The summed E-state index contributed by atoms with van der Waals surface area (Å²) in [6, 6.07) is 6.84. The van der Waals surface area contributed by atoms with E-state index in [1.165, 1.54) is 28.7 Å². The summed E-state index contributed by atoms with van der Waals surface area (Å²) in [5.41, 5.74) is 8.96. The van der Waals surface area contributed by atoms with Crippen molar-refractivity contribution in [3.05, 3.63) is 76.9 Å². The van der Waals surface area contributed by atoms with Crippen molar-refractivity contribution in [2.45, 2.75) is 82.1 Å². The minimum Gasteiger partial charge on any atom is -0.0955 e. The second-order valence-corrected chi connectivity index (χ2v) is 8.44. The molecule has 0 heterocycles. The Hall–Kier alpha value is -1.82. The average Bonchev–Trinajstić information content (AvgIpc) is 2.63.